The Morgan fingerprint density at radius 1 is 1.33 bits per heavy atom. The van der Waals surface area contributed by atoms with Crippen LogP contribution < -0.4 is 0 Å². The van der Waals surface area contributed by atoms with Crippen LogP contribution in [0.5, 0.6) is 0 Å². The van der Waals surface area contributed by atoms with E-state index in [9.17, 15) is 4.79 Å². The van der Waals surface area contributed by atoms with Gasteiger partial charge in [-0.1, -0.05) is 0 Å². The molecular formula is C9H11N5O. The molecule has 0 spiro atoms. The van der Waals surface area contributed by atoms with E-state index in [1.807, 2.05) is 0 Å². The number of Topliss-reactive ketones (excluding diaryl/α,β-unsaturated/α-hetero) is 1. The Kier molecular flexibility index (Phi) is 2.32. The van der Waals surface area contributed by atoms with Crippen LogP contribution in [0.2, 0.25) is 0 Å². The average molecular weight is 205 g/mol. The molecule has 15 heavy (non-hydrogen) atoms. The van der Waals surface area contributed by atoms with E-state index >= 15 is 0 Å². The van der Waals surface area contributed by atoms with Crippen LogP contribution in [0.25, 0.3) is 0 Å². The van der Waals surface area contributed by atoms with Gasteiger partial charge in [0.1, 0.15) is 17.8 Å². The molecule has 2 heterocycles. The van der Waals surface area contributed by atoms with Crippen LogP contribution in [-0.4, -0.2) is 30.3 Å². The molecule has 0 aliphatic heterocycles. The normalized spacial score (nSPS) is 10.5. The summed E-state index contributed by atoms with van der Waals surface area (Å²) in [4.78, 5) is 15.8. The fourth-order valence-corrected chi connectivity index (χ4v) is 1.36. The minimum absolute atomic E-state index is 0.00824. The van der Waals surface area contributed by atoms with Crippen molar-refractivity contribution in [3.05, 3.63) is 30.1 Å². The number of nitrogens with zero attached hydrogens (tertiary/aromatic N) is 5. The molecule has 0 atom stereocenters. The second-order valence-corrected chi connectivity index (χ2v) is 3.24. The van der Waals surface area contributed by atoms with Crippen LogP contribution in [0.1, 0.15) is 16.3 Å². The summed E-state index contributed by atoms with van der Waals surface area (Å²) in [5, 5.41) is 7.85. The molecular weight excluding hydrogens is 194 g/mol. The first-order chi connectivity index (χ1) is 7.18. The first-order valence-corrected chi connectivity index (χ1v) is 4.52. The zero-order chi connectivity index (χ0) is 10.8. The van der Waals surface area contributed by atoms with Crippen LogP contribution in [-0.2, 0) is 20.5 Å². The van der Waals surface area contributed by atoms with Gasteiger partial charge in [0.25, 0.3) is 0 Å². The molecule has 6 heteroatoms. The molecule has 0 saturated heterocycles. The number of carbonyl (C=O) groups is 1. The van der Waals surface area contributed by atoms with E-state index in [1.165, 1.54) is 6.33 Å². The maximum Gasteiger partial charge on any atom is 0.188 e. The summed E-state index contributed by atoms with van der Waals surface area (Å²) in [5.74, 6) is 0.646. The number of aryl methyl sites for hydroxylation is 2. The van der Waals surface area contributed by atoms with E-state index in [2.05, 4.69) is 15.2 Å². The number of carbonyl (C=O) groups excluding carboxylic acids is 1. The average Bonchev–Trinajstić information content (AvgIpc) is 2.76. The summed E-state index contributed by atoms with van der Waals surface area (Å²) in [7, 11) is 3.50. The Hall–Kier alpha value is -1.98. The Balaban J connectivity index is 2.18. The molecule has 0 N–H and O–H groups in total. The number of ketones is 1. The SMILES string of the molecule is Cn1nccc1C(=O)Cc1ncnn1C. The fraction of sp³-hybridized carbons (Fsp3) is 0.333. The summed E-state index contributed by atoms with van der Waals surface area (Å²) in [6.07, 6.45) is 3.28. The van der Waals surface area contributed by atoms with Crippen molar-refractivity contribution in [3.8, 4) is 0 Å². The van der Waals surface area contributed by atoms with Gasteiger partial charge in [0.15, 0.2) is 5.78 Å². The third-order valence-electron chi connectivity index (χ3n) is 2.23. The third-order valence-corrected chi connectivity index (χ3v) is 2.23. The molecule has 0 radical (unpaired) electrons. The zero-order valence-electron chi connectivity index (χ0n) is 8.58. The minimum atomic E-state index is -0.00824. The van der Waals surface area contributed by atoms with Gasteiger partial charge in [-0.05, 0) is 6.07 Å². The van der Waals surface area contributed by atoms with Crippen molar-refractivity contribution in [1.82, 2.24) is 24.5 Å². The number of hydrogen-bond donors (Lipinski definition) is 0. The largest absolute Gasteiger partial charge is 0.292 e. The lowest BCUT2D eigenvalue weighted by atomic mass is 10.2. The van der Waals surface area contributed by atoms with E-state index in [1.54, 1.807) is 35.7 Å². The molecule has 0 aliphatic carbocycles. The van der Waals surface area contributed by atoms with Crippen molar-refractivity contribution in [2.45, 2.75) is 6.42 Å². The van der Waals surface area contributed by atoms with Crippen LogP contribution in [0.3, 0.4) is 0 Å². The van der Waals surface area contributed by atoms with Crippen LogP contribution in [0, 0.1) is 0 Å². The van der Waals surface area contributed by atoms with Gasteiger partial charge < -0.3 is 0 Å². The topological polar surface area (TPSA) is 65.6 Å². The van der Waals surface area contributed by atoms with Crippen LogP contribution >= 0.6 is 0 Å². The summed E-state index contributed by atoms with van der Waals surface area (Å²) in [6.45, 7) is 0. The van der Waals surface area contributed by atoms with Gasteiger partial charge in [-0.15, -0.1) is 0 Å². The van der Waals surface area contributed by atoms with E-state index in [4.69, 9.17) is 0 Å². The van der Waals surface area contributed by atoms with Crippen molar-refractivity contribution in [3.63, 3.8) is 0 Å². The molecule has 0 aliphatic rings. The van der Waals surface area contributed by atoms with Gasteiger partial charge in [-0.25, -0.2) is 4.98 Å². The van der Waals surface area contributed by atoms with Gasteiger partial charge in [0.2, 0.25) is 0 Å². The molecule has 2 aromatic heterocycles. The maximum absolute atomic E-state index is 11.8. The van der Waals surface area contributed by atoms with Crippen molar-refractivity contribution in [1.29, 1.82) is 0 Å². The standard InChI is InChI=1S/C9H11N5O/c1-13-7(3-4-11-13)8(15)5-9-10-6-12-14(9)2/h3-4,6H,5H2,1-2H3. The highest BCUT2D eigenvalue weighted by Gasteiger charge is 2.13. The Bertz CT molecular complexity index is 484. The first-order valence-electron chi connectivity index (χ1n) is 4.52. The van der Waals surface area contributed by atoms with E-state index in [-0.39, 0.29) is 12.2 Å². The molecule has 6 nitrogen and oxygen atoms in total. The van der Waals surface area contributed by atoms with E-state index in [0.717, 1.165) is 0 Å². The van der Waals surface area contributed by atoms with Crippen molar-refractivity contribution < 1.29 is 4.79 Å². The van der Waals surface area contributed by atoms with Crippen LogP contribution in [0.4, 0.5) is 0 Å². The van der Waals surface area contributed by atoms with Gasteiger partial charge in [-0.3, -0.25) is 14.2 Å². The molecule has 0 fully saturated rings. The highest BCUT2D eigenvalue weighted by atomic mass is 16.1. The lowest BCUT2D eigenvalue weighted by molar-refractivity contribution is 0.0980. The number of aromatic nitrogens is 5. The molecule has 0 unspecified atom stereocenters. The highest BCUT2D eigenvalue weighted by molar-refractivity contribution is 5.95. The predicted octanol–water partition coefficient (Wildman–Crippen LogP) is -0.0260. The van der Waals surface area contributed by atoms with Crippen molar-refractivity contribution in [2.75, 3.05) is 0 Å². The molecule has 0 saturated carbocycles. The lowest BCUT2D eigenvalue weighted by Crippen LogP contribution is -2.12. The number of hydrogen-bond acceptors (Lipinski definition) is 4. The number of rotatable bonds is 3. The Morgan fingerprint density at radius 2 is 2.13 bits per heavy atom. The van der Waals surface area contributed by atoms with Crippen molar-refractivity contribution >= 4 is 5.78 Å². The molecule has 2 rings (SSSR count). The second-order valence-electron chi connectivity index (χ2n) is 3.24. The smallest absolute Gasteiger partial charge is 0.188 e. The minimum Gasteiger partial charge on any atom is -0.292 e. The summed E-state index contributed by atoms with van der Waals surface area (Å²) >= 11 is 0. The lowest BCUT2D eigenvalue weighted by Gasteiger charge is -2.00. The molecule has 0 aromatic carbocycles. The fourth-order valence-electron chi connectivity index (χ4n) is 1.36. The quantitative estimate of drug-likeness (QED) is 0.660. The van der Waals surface area contributed by atoms with E-state index in [0.29, 0.717) is 11.5 Å². The monoisotopic (exact) mass is 205 g/mol. The first kappa shape index (κ1) is 9.57. The molecule has 2 aromatic rings. The van der Waals surface area contributed by atoms with Gasteiger partial charge in [0, 0.05) is 20.3 Å². The summed E-state index contributed by atoms with van der Waals surface area (Å²) in [6, 6.07) is 1.69. The molecule has 78 valence electrons. The predicted molar refractivity (Wildman–Crippen MR) is 52.2 cm³/mol. The summed E-state index contributed by atoms with van der Waals surface area (Å²) in [5.41, 5.74) is 0.581. The maximum atomic E-state index is 11.8. The Morgan fingerprint density at radius 3 is 2.67 bits per heavy atom. The Labute approximate surface area is 86.5 Å². The summed E-state index contributed by atoms with van der Waals surface area (Å²) < 4.78 is 3.15. The third kappa shape index (κ3) is 1.78. The van der Waals surface area contributed by atoms with Crippen molar-refractivity contribution in [2.24, 2.45) is 14.1 Å². The van der Waals surface area contributed by atoms with E-state index < -0.39 is 0 Å². The van der Waals surface area contributed by atoms with Crippen LogP contribution in [0.15, 0.2) is 18.6 Å². The van der Waals surface area contributed by atoms with Gasteiger partial charge >= 0.3 is 0 Å². The second kappa shape index (κ2) is 3.64. The highest BCUT2D eigenvalue weighted by Crippen LogP contribution is 2.03. The van der Waals surface area contributed by atoms with Gasteiger partial charge in [-0.2, -0.15) is 10.2 Å². The zero-order valence-corrected chi connectivity index (χ0v) is 8.58. The molecule has 0 bridgehead atoms. The molecule has 0 amide bonds. The van der Waals surface area contributed by atoms with Gasteiger partial charge in [0.05, 0.1) is 6.42 Å².